The summed E-state index contributed by atoms with van der Waals surface area (Å²) in [5.74, 6) is 1.85. The SMILES string of the molecule is C[C@H]1COCCN1c1cc(C2=NCc3ccc(OC4(C)CC4)cc32)ncn1. The molecule has 2 aliphatic heterocycles. The molecule has 6 heteroatoms. The van der Waals surface area contributed by atoms with Crippen molar-refractivity contribution in [1.82, 2.24) is 9.97 Å². The van der Waals surface area contributed by atoms with Gasteiger partial charge in [-0.3, -0.25) is 4.99 Å². The molecule has 5 rings (SSSR count). The van der Waals surface area contributed by atoms with E-state index in [1.54, 1.807) is 6.33 Å². The molecular weight excluding hydrogens is 340 g/mol. The molecule has 0 radical (unpaired) electrons. The van der Waals surface area contributed by atoms with E-state index < -0.39 is 0 Å². The van der Waals surface area contributed by atoms with Gasteiger partial charge < -0.3 is 14.4 Å². The third-order valence-electron chi connectivity index (χ3n) is 5.62. The molecule has 1 aliphatic carbocycles. The van der Waals surface area contributed by atoms with Crippen LogP contribution < -0.4 is 9.64 Å². The second-order valence-corrected chi connectivity index (χ2v) is 7.91. The van der Waals surface area contributed by atoms with E-state index in [4.69, 9.17) is 14.5 Å². The molecule has 6 nitrogen and oxygen atoms in total. The fourth-order valence-electron chi connectivity index (χ4n) is 3.71. The molecule has 0 unspecified atom stereocenters. The van der Waals surface area contributed by atoms with Crippen LogP contribution in [0.25, 0.3) is 0 Å². The van der Waals surface area contributed by atoms with Gasteiger partial charge in [-0.1, -0.05) is 6.07 Å². The highest BCUT2D eigenvalue weighted by Crippen LogP contribution is 2.40. The van der Waals surface area contributed by atoms with Crippen molar-refractivity contribution in [1.29, 1.82) is 0 Å². The van der Waals surface area contributed by atoms with Crippen molar-refractivity contribution in [2.45, 2.75) is 44.9 Å². The predicted molar refractivity (Wildman–Crippen MR) is 104 cm³/mol. The largest absolute Gasteiger partial charge is 0.488 e. The molecule has 1 atom stereocenters. The molecule has 1 saturated heterocycles. The standard InChI is InChI=1S/C21H24N4O2/c1-14-12-26-8-7-25(14)19-10-18(23-13-24-19)20-17-9-16(27-21(2)5-6-21)4-3-15(17)11-22-20/h3-4,9-10,13-14H,5-8,11-12H2,1-2H3/t14-/m0/s1. The first kappa shape index (κ1) is 16.7. The summed E-state index contributed by atoms with van der Waals surface area (Å²) in [5, 5.41) is 0. The summed E-state index contributed by atoms with van der Waals surface area (Å²) in [6.45, 7) is 7.31. The Kier molecular flexibility index (Phi) is 3.90. The Morgan fingerprint density at radius 3 is 2.93 bits per heavy atom. The molecule has 0 N–H and O–H groups in total. The quantitative estimate of drug-likeness (QED) is 0.835. The van der Waals surface area contributed by atoms with Crippen LogP contribution >= 0.6 is 0 Å². The van der Waals surface area contributed by atoms with Gasteiger partial charge in [0.2, 0.25) is 0 Å². The van der Waals surface area contributed by atoms with E-state index in [1.165, 1.54) is 5.56 Å². The number of benzene rings is 1. The predicted octanol–water partition coefficient (Wildman–Crippen LogP) is 2.98. The number of ether oxygens (including phenoxy) is 2. The number of hydrogen-bond donors (Lipinski definition) is 0. The van der Waals surface area contributed by atoms with E-state index in [-0.39, 0.29) is 5.60 Å². The van der Waals surface area contributed by atoms with Crippen LogP contribution in [-0.2, 0) is 11.3 Å². The molecular formula is C21H24N4O2. The molecule has 0 spiro atoms. The summed E-state index contributed by atoms with van der Waals surface area (Å²) in [6, 6.07) is 8.65. The molecule has 2 aromatic rings. The maximum atomic E-state index is 6.15. The van der Waals surface area contributed by atoms with Crippen molar-refractivity contribution < 1.29 is 9.47 Å². The molecule has 1 saturated carbocycles. The zero-order valence-electron chi connectivity index (χ0n) is 15.8. The van der Waals surface area contributed by atoms with Crippen LogP contribution in [0.5, 0.6) is 5.75 Å². The summed E-state index contributed by atoms with van der Waals surface area (Å²) < 4.78 is 11.7. The first-order chi connectivity index (χ1) is 13.1. The summed E-state index contributed by atoms with van der Waals surface area (Å²) in [7, 11) is 0. The lowest BCUT2D eigenvalue weighted by Gasteiger charge is -2.34. The summed E-state index contributed by atoms with van der Waals surface area (Å²) in [5.41, 5.74) is 4.15. The van der Waals surface area contributed by atoms with E-state index >= 15 is 0 Å². The number of fused-ring (bicyclic) bond motifs is 1. The number of aromatic nitrogens is 2. The number of morpholine rings is 1. The minimum Gasteiger partial charge on any atom is -0.488 e. The first-order valence-electron chi connectivity index (χ1n) is 9.65. The van der Waals surface area contributed by atoms with E-state index in [0.29, 0.717) is 12.6 Å². The van der Waals surface area contributed by atoms with E-state index in [2.05, 4.69) is 46.9 Å². The number of rotatable bonds is 4. The second kappa shape index (κ2) is 6.30. The summed E-state index contributed by atoms with van der Waals surface area (Å²) >= 11 is 0. The zero-order chi connectivity index (χ0) is 18.4. The number of aliphatic imine (C=N–C) groups is 1. The van der Waals surface area contributed by atoms with Crippen LogP contribution in [0.15, 0.2) is 35.6 Å². The lowest BCUT2D eigenvalue weighted by molar-refractivity contribution is 0.0985. The van der Waals surface area contributed by atoms with Crippen molar-refractivity contribution in [2.75, 3.05) is 24.7 Å². The number of anilines is 1. The van der Waals surface area contributed by atoms with Gasteiger partial charge in [-0.25, -0.2) is 9.97 Å². The Morgan fingerprint density at radius 2 is 2.11 bits per heavy atom. The third kappa shape index (κ3) is 3.18. The Morgan fingerprint density at radius 1 is 1.22 bits per heavy atom. The Balaban J connectivity index is 1.45. The zero-order valence-corrected chi connectivity index (χ0v) is 15.8. The molecule has 0 amide bonds. The van der Waals surface area contributed by atoms with Gasteiger partial charge >= 0.3 is 0 Å². The molecule has 2 fully saturated rings. The van der Waals surface area contributed by atoms with Crippen LogP contribution in [0.4, 0.5) is 5.82 Å². The van der Waals surface area contributed by atoms with Gasteiger partial charge in [-0.2, -0.15) is 0 Å². The first-order valence-corrected chi connectivity index (χ1v) is 9.65. The van der Waals surface area contributed by atoms with Gasteiger partial charge in [0.15, 0.2) is 0 Å². The van der Waals surface area contributed by atoms with E-state index in [1.807, 2.05) is 6.07 Å². The fraction of sp³-hybridized carbons (Fsp3) is 0.476. The lowest BCUT2D eigenvalue weighted by atomic mass is 10.0. The molecule has 3 aliphatic rings. The van der Waals surface area contributed by atoms with Gasteiger partial charge in [0.25, 0.3) is 0 Å². The molecule has 27 heavy (non-hydrogen) atoms. The van der Waals surface area contributed by atoms with Crippen molar-refractivity contribution in [2.24, 2.45) is 4.99 Å². The van der Waals surface area contributed by atoms with Crippen LogP contribution in [0.1, 0.15) is 43.5 Å². The van der Waals surface area contributed by atoms with Gasteiger partial charge in [0.1, 0.15) is 23.5 Å². The van der Waals surface area contributed by atoms with Gasteiger partial charge in [-0.05, 0) is 44.4 Å². The van der Waals surface area contributed by atoms with Crippen molar-refractivity contribution in [3.63, 3.8) is 0 Å². The molecule has 1 aromatic heterocycles. The lowest BCUT2D eigenvalue weighted by Crippen LogP contribution is -2.44. The Labute approximate surface area is 159 Å². The minimum absolute atomic E-state index is 0.0126. The average molecular weight is 364 g/mol. The van der Waals surface area contributed by atoms with Crippen LogP contribution in [0, 0.1) is 0 Å². The fourth-order valence-corrected chi connectivity index (χ4v) is 3.71. The number of hydrogen-bond acceptors (Lipinski definition) is 6. The highest BCUT2D eigenvalue weighted by molar-refractivity contribution is 6.14. The Hall–Kier alpha value is -2.47. The highest BCUT2D eigenvalue weighted by Gasteiger charge is 2.40. The van der Waals surface area contributed by atoms with Gasteiger partial charge in [0, 0.05) is 18.2 Å². The maximum Gasteiger partial charge on any atom is 0.133 e. The molecule has 0 bridgehead atoms. The van der Waals surface area contributed by atoms with Gasteiger partial charge in [0.05, 0.1) is 37.2 Å². The van der Waals surface area contributed by atoms with Crippen LogP contribution in [0.3, 0.4) is 0 Å². The van der Waals surface area contributed by atoms with Crippen LogP contribution in [0.2, 0.25) is 0 Å². The van der Waals surface area contributed by atoms with Gasteiger partial charge in [-0.15, -0.1) is 0 Å². The second-order valence-electron chi connectivity index (χ2n) is 7.91. The van der Waals surface area contributed by atoms with Crippen LogP contribution in [-0.4, -0.2) is 47.1 Å². The Bertz CT molecular complexity index is 907. The van der Waals surface area contributed by atoms with Crippen molar-refractivity contribution in [3.05, 3.63) is 47.4 Å². The molecule has 3 heterocycles. The highest BCUT2D eigenvalue weighted by atomic mass is 16.5. The maximum absolute atomic E-state index is 6.15. The smallest absolute Gasteiger partial charge is 0.133 e. The van der Waals surface area contributed by atoms with E-state index in [9.17, 15) is 0 Å². The number of nitrogens with zero attached hydrogens (tertiary/aromatic N) is 4. The molecule has 1 aromatic carbocycles. The topological polar surface area (TPSA) is 59.8 Å². The van der Waals surface area contributed by atoms with Crippen molar-refractivity contribution >= 4 is 11.5 Å². The monoisotopic (exact) mass is 364 g/mol. The molecule has 140 valence electrons. The third-order valence-corrected chi connectivity index (χ3v) is 5.62. The average Bonchev–Trinajstić information content (AvgIpc) is 3.25. The van der Waals surface area contributed by atoms with Crippen molar-refractivity contribution in [3.8, 4) is 5.75 Å². The summed E-state index contributed by atoms with van der Waals surface area (Å²) in [6.07, 6.45) is 3.88. The summed E-state index contributed by atoms with van der Waals surface area (Å²) in [4.78, 5) is 16.0. The van der Waals surface area contributed by atoms with E-state index in [0.717, 1.165) is 61.1 Å². The normalized spacial score (nSPS) is 23.0. The minimum atomic E-state index is 0.0126.